The highest BCUT2D eigenvalue weighted by atomic mass is 19.4. The van der Waals surface area contributed by atoms with E-state index in [1.165, 1.54) is 17.3 Å². The number of carbonyl (C=O) groups is 1. The Balaban J connectivity index is 2.01. The minimum atomic E-state index is -4.33. The SMILES string of the molecule is Cc1n[nH]c(C)c1[C@@H](C)CC(=O)N(C)Cc1nccn1CC(F)(F)F. The van der Waals surface area contributed by atoms with Gasteiger partial charge in [0, 0.05) is 31.6 Å². The van der Waals surface area contributed by atoms with Gasteiger partial charge in [-0.1, -0.05) is 6.92 Å². The Kier molecular flexibility index (Phi) is 5.54. The minimum Gasteiger partial charge on any atom is -0.338 e. The maximum absolute atomic E-state index is 12.6. The summed E-state index contributed by atoms with van der Waals surface area (Å²) in [5, 5.41) is 7.02. The third-order valence-electron chi connectivity index (χ3n) is 4.11. The van der Waals surface area contributed by atoms with Gasteiger partial charge in [0.05, 0.1) is 12.2 Å². The summed E-state index contributed by atoms with van der Waals surface area (Å²) < 4.78 is 38.7. The Hall–Kier alpha value is -2.32. The highest BCUT2D eigenvalue weighted by Gasteiger charge is 2.29. The van der Waals surface area contributed by atoms with Gasteiger partial charge in [-0.3, -0.25) is 9.89 Å². The van der Waals surface area contributed by atoms with Gasteiger partial charge >= 0.3 is 6.18 Å². The lowest BCUT2D eigenvalue weighted by Gasteiger charge is -2.20. The Morgan fingerprint density at radius 3 is 2.64 bits per heavy atom. The highest BCUT2D eigenvalue weighted by Crippen LogP contribution is 2.25. The van der Waals surface area contributed by atoms with Gasteiger partial charge in [-0.2, -0.15) is 18.3 Å². The molecule has 1 atom stereocenters. The number of halogens is 3. The molecule has 0 aliphatic heterocycles. The number of aromatic amines is 1. The van der Waals surface area contributed by atoms with Crippen LogP contribution in [0.1, 0.15) is 42.0 Å². The summed E-state index contributed by atoms with van der Waals surface area (Å²) in [6, 6.07) is 0. The molecule has 2 heterocycles. The molecule has 0 aromatic carbocycles. The number of amides is 1. The molecular formula is C16H22F3N5O. The molecule has 2 rings (SSSR count). The summed E-state index contributed by atoms with van der Waals surface area (Å²) in [4.78, 5) is 17.8. The van der Waals surface area contributed by atoms with E-state index in [2.05, 4.69) is 15.2 Å². The summed E-state index contributed by atoms with van der Waals surface area (Å²) in [7, 11) is 1.57. The lowest BCUT2D eigenvalue weighted by molar-refractivity contribution is -0.141. The van der Waals surface area contributed by atoms with Crippen LogP contribution in [0, 0.1) is 13.8 Å². The first-order valence-electron chi connectivity index (χ1n) is 7.90. The molecule has 0 spiro atoms. The lowest BCUT2D eigenvalue weighted by atomic mass is 9.95. The van der Waals surface area contributed by atoms with Crippen LogP contribution < -0.4 is 0 Å². The van der Waals surface area contributed by atoms with Gasteiger partial charge in [-0.15, -0.1) is 0 Å². The van der Waals surface area contributed by atoms with Crippen LogP contribution in [0.3, 0.4) is 0 Å². The molecule has 0 saturated carbocycles. The molecule has 138 valence electrons. The second-order valence-corrected chi connectivity index (χ2v) is 6.29. The molecule has 25 heavy (non-hydrogen) atoms. The van der Waals surface area contributed by atoms with Crippen LogP contribution >= 0.6 is 0 Å². The van der Waals surface area contributed by atoms with Gasteiger partial charge in [0.25, 0.3) is 0 Å². The van der Waals surface area contributed by atoms with E-state index < -0.39 is 12.7 Å². The molecular weight excluding hydrogens is 335 g/mol. The molecule has 0 bridgehead atoms. The maximum Gasteiger partial charge on any atom is 0.406 e. The summed E-state index contributed by atoms with van der Waals surface area (Å²) >= 11 is 0. The Labute approximate surface area is 144 Å². The van der Waals surface area contributed by atoms with Crippen molar-refractivity contribution in [2.24, 2.45) is 0 Å². The normalized spacial score (nSPS) is 13.1. The number of imidazole rings is 1. The second kappa shape index (κ2) is 7.28. The number of rotatable bonds is 6. The van der Waals surface area contributed by atoms with Gasteiger partial charge in [-0.25, -0.2) is 4.98 Å². The zero-order valence-corrected chi connectivity index (χ0v) is 14.7. The summed E-state index contributed by atoms with van der Waals surface area (Å²) in [5.74, 6) is 0.00850. The Morgan fingerprint density at radius 1 is 1.40 bits per heavy atom. The molecule has 2 aromatic heterocycles. The van der Waals surface area contributed by atoms with Crippen molar-refractivity contribution in [1.29, 1.82) is 0 Å². The predicted molar refractivity (Wildman–Crippen MR) is 85.8 cm³/mol. The maximum atomic E-state index is 12.6. The smallest absolute Gasteiger partial charge is 0.338 e. The van der Waals surface area contributed by atoms with Crippen LogP contribution in [-0.2, 0) is 17.9 Å². The minimum absolute atomic E-state index is 0.0258. The average Bonchev–Trinajstić information content (AvgIpc) is 3.04. The standard InChI is InChI=1S/C16H22F3N5O/c1-10(15-11(2)21-22-12(15)3)7-14(25)23(4)8-13-20-5-6-24(13)9-16(17,18)19/h5-6,10H,7-9H2,1-4H3,(H,21,22)/t10-/m0/s1. The summed E-state index contributed by atoms with van der Waals surface area (Å²) in [6.07, 6.45) is -1.51. The van der Waals surface area contributed by atoms with Crippen LogP contribution in [0.2, 0.25) is 0 Å². The molecule has 0 aliphatic carbocycles. The van der Waals surface area contributed by atoms with Gasteiger partial charge in [0.2, 0.25) is 5.91 Å². The zero-order chi connectivity index (χ0) is 18.8. The van der Waals surface area contributed by atoms with Crippen LogP contribution in [0.25, 0.3) is 0 Å². The third kappa shape index (κ3) is 4.83. The fourth-order valence-electron chi connectivity index (χ4n) is 2.93. The van der Waals surface area contributed by atoms with Gasteiger partial charge in [0.1, 0.15) is 12.4 Å². The first-order valence-corrected chi connectivity index (χ1v) is 7.90. The zero-order valence-electron chi connectivity index (χ0n) is 14.7. The lowest BCUT2D eigenvalue weighted by Crippen LogP contribution is -2.29. The van der Waals surface area contributed by atoms with Crippen molar-refractivity contribution in [3.63, 3.8) is 0 Å². The number of hydrogen-bond donors (Lipinski definition) is 1. The fraction of sp³-hybridized carbons (Fsp3) is 0.562. The number of aryl methyl sites for hydroxylation is 2. The first-order chi connectivity index (χ1) is 11.6. The van der Waals surface area contributed by atoms with E-state index in [9.17, 15) is 18.0 Å². The van der Waals surface area contributed by atoms with E-state index in [0.29, 0.717) is 0 Å². The van der Waals surface area contributed by atoms with Gasteiger partial charge in [0.15, 0.2) is 0 Å². The predicted octanol–water partition coefficient (Wildman–Crippen LogP) is 2.94. The molecule has 0 unspecified atom stereocenters. The van der Waals surface area contributed by atoms with E-state index in [1.807, 2.05) is 20.8 Å². The van der Waals surface area contributed by atoms with Crippen LogP contribution in [0.4, 0.5) is 13.2 Å². The summed E-state index contributed by atoms with van der Waals surface area (Å²) in [6.45, 7) is 4.61. The second-order valence-electron chi connectivity index (χ2n) is 6.29. The van der Waals surface area contributed by atoms with Crippen molar-refractivity contribution in [3.05, 3.63) is 35.2 Å². The summed E-state index contributed by atoms with van der Waals surface area (Å²) in [5.41, 5.74) is 2.77. The van der Waals surface area contributed by atoms with Crippen LogP contribution in [0.5, 0.6) is 0 Å². The van der Waals surface area contributed by atoms with Gasteiger partial charge < -0.3 is 9.47 Å². The molecule has 0 fully saturated rings. The van der Waals surface area contributed by atoms with Crippen molar-refractivity contribution >= 4 is 5.91 Å². The largest absolute Gasteiger partial charge is 0.406 e. The number of hydrogen-bond acceptors (Lipinski definition) is 3. The molecule has 1 N–H and O–H groups in total. The van der Waals surface area contributed by atoms with Gasteiger partial charge in [-0.05, 0) is 25.3 Å². The molecule has 9 heteroatoms. The van der Waals surface area contributed by atoms with Crippen molar-refractivity contribution in [1.82, 2.24) is 24.6 Å². The number of H-pyrrole nitrogens is 1. The number of alkyl halides is 3. The highest BCUT2D eigenvalue weighted by molar-refractivity contribution is 5.76. The van der Waals surface area contributed by atoms with E-state index >= 15 is 0 Å². The topological polar surface area (TPSA) is 66.8 Å². The van der Waals surface area contributed by atoms with Crippen molar-refractivity contribution < 1.29 is 18.0 Å². The van der Waals surface area contributed by atoms with Crippen molar-refractivity contribution in [2.75, 3.05) is 7.05 Å². The Morgan fingerprint density at radius 2 is 2.08 bits per heavy atom. The quantitative estimate of drug-likeness (QED) is 0.864. The van der Waals surface area contributed by atoms with E-state index in [1.54, 1.807) is 7.05 Å². The number of nitrogens with zero attached hydrogens (tertiary/aromatic N) is 4. The molecule has 0 radical (unpaired) electrons. The van der Waals surface area contributed by atoms with Crippen molar-refractivity contribution in [3.8, 4) is 0 Å². The first kappa shape index (κ1) is 19.0. The average molecular weight is 357 g/mol. The molecule has 0 saturated heterocycles. The van der Waals surface area contributed by atoms with Crippen molar-refractivity contribution in [2.45, 2.75) is 52.4 Å². The van der Waals surface area contributed by atoms with E-state index in [4.69, 9.17) is 0 Å². The Bertz CT molecular complexity index is 715. The van der Waals surface area contributed by atoms with E-state index in [0.717, 1.165) is 21.5 Å². The van der Waals surface area contributed by atoms with Crippen LogP contribution in [-0.4, -0.2) is 43.8 Å². The molecule has 2 aromatic rings. The molecule has 6 nitrogen and oxygen atoms in total. The third-order valence-corrected chi connectivity index (χ3v) is 4.11. The monoisotopic (exact) mass is 357 g/mol. The fourth-order valence-corrected chi connectivity index (χ4v) is 2.93. The molecule has 0 aliphatic rings. The number of aromatic nitrogens is 4. The van der Waals surface area contributed by atoms with E-state index in [-0.39, 0.29) is 30.6 Å². The molecule has 1 amide bonds. The number of carbonyl (C=O) groups excluding carboxylic acids is 1. The van der Waals surface area contributed by atoms with Crippen LogP contribution in [0.15, 0.2) is 12.4 Å². The number of nitrogens with one attached hydrogen (secondary N) is 1.